The van der Waals surface area contributed by atoms with E-state index in [9.17, 15) is 5.11 Å². The molecule has 0 saturated heterocycles. The molecular formula is C13H18O3. The minimum Gasteiger partial charge on any atom is -0.394 e. The molecule has 2 rings (SSSR count). The number of ether oxygens (including phenoxy) is 1. The van der Waals surface area contributed by atoms with E-state index in [1.165, 1.54) is 0 Å². The Morgan fingerprint density at radius 1 is 1.25 bits per heavy atom. The summed E-state index contributed by atoms with van der Waals surface area (Å²) in [5.41, 5.74) is 0.959. The van der Waals surface area contributed by atoms with Crippen molar-refractivity contribution in [2.24, 2.45) is 5.41 Å². The lowest BCUT2D eigenvalue weighted by molar-refractivity contribution is -0.0188. The Kier molecular flexibility index (Phi) is 3.59. The highest BCUT2D eigenvalue weighted by Gasteiger charge is 2.48. The fourth-order valence-electron chi connectivity index (χ4n) is 1.87. The molecule has 88 valence electrons. The average molecular weight is 222 g/mol. The first-order valence-corrected chi connectivity index (χ1v) is 5.67. The van der Waals surface area contributed by atoms with Crippen LogP contribution >= 0.6 is 0 Å². The predicted octanol–water partition coefficient (Wildman–Crippen LogP) is 1.34. The molecule has 0 heterocycles. The van der Waals surface area contributed by atoms with E-state index in [-0.39, 0.29) is 12.0 Å². The van der Waals surface area contributed by atoms with E-state index in [1.807, 2.05) is 30.3 Å². The van der Waals surface area contributed by atoms with E-state index in [0.29, 0.717) is 13.2 Å². The van der Waals surface area contributed by atoms with Crippen LogP contribution in [0.2, 0.25) is 0 Å². The highest BCUT2D eigenvalue weighted by molar-refractivity contribution is 5.13. The molecule has 1 aromatic rings. The second-order valence-electron chi connectivity index (χ2n) is 4.54. The predicted molar refractivity (Wildman–Crippen MR) is 60.9 cm³/mol. The normalized spacial score (nSPS) is 19.4. The van der Waals surface area contributed by atoms with Gasteiger partial charge in [0, 0.05) is 5.41 Å². The summed E-state index contributed by atoms with van der Waals surface area (Å²) in [6, 6.07) is 9.97. The van der Waals surface area contributed by atoms with Gasteiger partial charge in [-0.1, -0.05) is 30.3 Å². The second-order valence-corrected chi connectivity index (χ2v) is 4.54. The number of aliphatic hydroxyl groups is 2. The summed E-state index contributed by atoms with van der Waals surface area (Å²) in [5.74, 6) is 0. The maximum Gasteiger partial charge on any atom is 0.0848 e. The first-order valence-electron chi connectivity index (χ1n) is 5.67. The van der Waals surface area contributed by atoms with Crippen molar-refractivity contribution in [1.29, 1.82) is 0 Å². The van der Waals surface area contributed by atoms with Crippen LogP contribution in [-0.4, -0.2) is 29.5 Å². The van der Waals surface area contributed by atoms with Crippen LogP contribution in [-0.2, 0) is 11.3 Å². The van der Waals surface area contributed by atoms with E-state index in [1.54, 1.807) is 0 Å². The van der Waals surface area contributed by atoms with Gasteiger partial charge in [0.2, 0.25) is 0 Å². The van der Waals surface area contributed by atoms with E-state index >= 15 is 0 Å². The first kappa shape index (κ1) is 11.6. The van der Waals surface area contributed by atoms with Crippen molar-refractivity contribution in [3.63, 3.8) is 0 Å². The van der Waals surface area contributed by atoms with Gasteiger partial charge in [0.1, 0.15) is 0 Å². The number of benzene rings is 1. The lowest BCUT2D eigenvalue weighted by Crippen LogP contribution is -2.29. The molecule has 3 nitrogen and oxygen atoms in total. The Morgan fingerprint density at radius 3 is 2.50 bits per heavy atom. The summed E-state index contributed by atoms with van der Waals surface area (Å²) < 4.78 is 5.60. The zero-order chi connectivity index (χ0) is 11.4. The molecule has 1 aromatic carbocycles. The van der Waals surface area contributed by atoms with E-state index in [4.69, 9.17) is 9.84 Å². The quantitative estimate of drug-likeness (QED) is 0.763. The van der Waals surface area contributed by atoms with Gasteiger partial charge >= 0.3 is 0 Å². The Hall–Kier alpha value is -0.900. The van der Waals surface area contributed by atoms with Crippen molar-refractivity contribution in [3.8, 4) is 0 Å². The third-order valence-electron chi connectivity index (χ3n) is 3.27. The summed E-state index contributed by atoms with van der Waals surface area (Å²) in [6.45, 7) is 0.930. The lowest BCUT2D eigenvalue weighted by atomic mass is 10.0. The van der Waals surface area contributed by atoms with Crippen LogP contribution in [0, 0.1) is 5.41 Å². The maximum absolute atomic E-state index is 9.62. The van der Waals surface area contributed by atoms with Crippen molar-refractivity contribution in [1.82, 2.24) is 0 Å². The molecule has 3 heteroatoms. The van der Waals surface area contributed by atoms with Gasteiger partial charge < -0.3 is 14.9 Å². The van der Waals surface area contributed by atoms with Crippen LogP contribution in [0.3, 0.4) is 0 Å². The molecule has 1 saturated carbocycles. The molecule has 0 aromatic heterocycles. The van der Waals surface area contributed by atoms with Crippen LogP contribution in [0.5, 0.6) is 0 Å². The molecule has 1 aliphatic carbocycles. The van der Waals surface area contributed by atoms with Crippen molar-refractivity contribution >= 4 is 0 Å². The zero-order valence-electron chi connectivity index (χ0n) is 9.30. The molecule has 16 heavy (non-hydrogen) atoms. The summed E-state index contributed by atoms with van der Waals surface area (Å²) in [5, 5.41) is 18.5. The van der Waals surface area contributed by atoms with E-state index < -0.39 is 6.10 Å². The smallest absolute Gasteiger partial charge is 0.0848 e. The lowest BCUT2D eigenvalue weighted by Gasteiger charge is -2.20. The van der Waals surface area contributed by atoms with Gasteiger partial charge in [-0.15, -0.1) is 0 Å². The minimum atomic E-state index is -0.636. The SMILES string of the molecule is OCC(O)C1(COCc2ccccc2)CC1. The first-order chi connectivity index (χ1) is 7.77. The van der Waals surface area contributed by atoms with Crippen molar-refractivity contribution in [2.45, 2.75) is 25.6 Å². The van der Waals surface area contributed by atoms with Gasteiger partial charge in [0.25, 0.3) is 0 Å². The molecule has 0 radical (unpaired) electrons. The molecule has 0 amide bonds. The maximum atomic E-state index is 9.62. The largest absolute Gasteiger partial charge is 0.394 e. The van der Waals surface area contributed by atoms with Crippen LogP contribution in [0.4, 0.5) is 0 Å². The monoisotopic (exact) mass is 222 g/mol. The topological polar surface area (TPSA) is 49.7 Å². The fraction of sp³-hybridized carbons (Fsp3) is 0.538. The Balaban J connectivity index is 1.76. The molecule has 0 spiro atoms. The Bertz CT molecular complexity index is 319. The fourth-order valence-corrected chi connectivity index (χ4v) is 1.87. The minimum absolute atomic E-state index is 0.172. The Morgan fingerprint density at radius 2 is 1.94 bits per heavy atom. The molecule has 1 fully saturated rings. The number of rotatable bonds is 6. The highest BCUT2D eigenvalue weighted by atomic mass is 16.5. The van der Waals surface area contributed by atoms with Crippen LogP contribution in [0.15, 0.2) is 30.3 Å². The summed E-state index contributed by atoms with van der Waals surface area (Å²) >= 11 is 0. The zero-order valence-corrected chi connectivity index (χ0v) is 9.30. The van der Waals surface area contributed by atoms with Gasteiger partial charge in [-0.2, -0.15) is 0 Å². The molecule has 0 bridgehead atoms. The van der Waals surface area contributed by atoms with Gasteiger partial charge in [-0.25, -0.2) is 0 Å². The molecule has 1 aliphatic rings. The van der Waals surface area contributed by atoms with Crippen LogP contribution < -0.4 is 0 Å². The van der Waals surface area contributed by atoms with Gasteiger partial charge in [0.05, 0.1) is 25.9 Å². The summed E-state index contributed by atoms with van der Waals surface area (Å²) in [7, 11) is 0. The number of hydrogen-bond acceptors (Lipinski definition) is 3. The van der Waals surface area contributed by atoms with Crippen LogP contribution in [0.25, 0.3) is 0 Å². The second kappa shape index (κ2) is 4.95. The molecule has 0 aliphatic heterocycles. The average Bonchev–Trinajstić information content (AvgIpc) is 3.11. The molecule has 2 N–H and O–H groups in total. The van der Waals surface area contributed by atoms with Gasteiger partial charge in [-0.05, 0) is 18.4 Å². The molecule has 1 unspecified atom stereocenters. The Labute approximate surface area is 95.7 Å². The third kappa shape index (κ3) is 2.61. The number of aliphatic hydroxyl groups excluding tert-OH is 2. The molecule has 1 atom stereocenters. The van der Waals surface area contributed by atoms with Crippen molar-refractivity contribution in [2.75, 3.05) is 13.2 Å². The van der Waals surface area contributed by atoms with Gasteiger partial charge in [-0.3, -0.25) is 0 Å². The van der Waals surface area contributed by atoms with Crippen molar-refractivity contribution < 1.29 is 14.9 Å². The van der Waals surface area contributed by atoms with Crippen molar-refractivity contribution in [3.05, 3.63) is 35.9 Å². The van der Waals surface area contributed by atoms with Crippen LogP contribution in [0.1, 0.15) is 18.4 Å². The highest BCUT2D eigenvalue weighted by Crippen LogP contribution is 2.48. The van der Waals surface area contributed by atoms with Gasteiger partial charge in [0.15, 0.2) is 0 Å². The summed E-state index contributed by atoms with van der Waals surface area (Å²) in [4.78, 5) is 0. The molecular weight excluding hydrogens is 204 g/mol. The van der Waals surface area contributed by atoms with E-state index in [2.05, 4.69) is 0 Å². The van der Waals surface area contributed by atoms with E-state index in [0.717, 1.165) is 18.4 Å². The number of hydrogen-bond donors (Lipinski definition) is 2. The third-order valence-corrected chi connectivity index (χ3v) is 3.27. The summed E-state index contributed by atoms with van der Waals surface area (Å²) in [6.07, 6.45) is 1.26. The standard InChI is InChI=1S/C13H18O3/c14-8-12(15)13(6-7-13)10-16-9-11-4-2-1-3-5-11/h1-5,12,14-15H,6-10H2.